The van der Waals surface area contributed by atoms with Crippen LogP contribution in [0.5, 0.6) is 5.75 Å². The lowest BCUT2D eigenvalue weighted by atomic mass is 10.0. The third kappa shape index (κ3) is 5.45. The molecular weight excluding hydrogens is 432 g/mol. The number of carbonyl (C=O) groups is 2. The molecule has 0 aliphatic heterocycles. The standard InChI is InChI=1S/C23H21BrN2O3/c1-15(2)29-21-13-12-19(24)14-20(21)23(28)26-25-22(27)18-10-8-17(9-11-18)16-6-4-3-5-7-16/h3-15H,1-2H3,(H,25,27)(H,26,28). The predicted molar refractivity (Wildman–Crippen MR) is 117 cm³/mol. The highest BCUT2D eigenvalue weighted by atomic mass is 79.9. The molecule has 0 aliphatic carbocycles. The van der Waals surface area contributed by atoms with E-state index >= 15 is 0 Å². The van der Waals surface area contributed by atoms with Crippen LogP contribution in [-0.4, -0.2) is 17.9 Å². The van der Waals surface area contributed by atoms with Gasteiger partial charge in [0.2, 0.25) is 0 Å². The van der Waals surface area contributed by atoms with Gasteiger partial charge in [0, 0.05) is 10.0 Å². The lowest BCUT2D eigenvalue weighted by Crippen LogP contribution is -2.41. The minimum atomic E-state index is -0.462. The summed E-state index contributed by atoms with van der Waals surface area (Å²) in [5, 5.41) is 0. The second kappa shape index (κ2) is 9.39. The second-order valence-electron chi connectivity index (χ2n) is 6.66. The van der Waals surface area contributed by atoms with E-state index in [0.717, 1.165) is 15.6 Å². The summed E-state index contributed by atoms with van der Waals surface area (Å²) >= 11 is 3.35. The molecular formula is C23H21BrN2O3. The maximum absolute atomic E-state index is 12.5. The first kappa shape index (κ1) is 20.6. The van der Waals surface area contributed by atoms with Crippen molar-refractivity contribution in [2.75, 3.05) is 0 Å². The lowest BCUT2D eigenvalue weighted by molar-refractivity contribution is 0.0843. The topological polar surface area (TPSA) is 67.4 Å². The zero-order valence-electron chi connectivity index (χ0n) is 16.1. The van der Waals surface area contributed by atoms with Crippen molar-refractivity contribution in [2.24, 2.45) is 0 Å². The fraction of sp³-hybridized carbons (Fsp3) is 0.130. The van der Waals surface area contributed by atoms with E-state index in [1.807, 2.05) is 56.3 Å². The average Bonchev–Trinajstić information content (AvgIpc) is 2.73. The van der Waals surface area contributed by atoms with Crippen molar-refractivity contribution < 1.29 is 14.3 Å². The van der Waals surface area contributed by atoms with Gasteiger partial charge in [-0.3, -0.25) is 20.4 Å². The predicted octanol–water partition coefficient (Wildman–Crippen LogP) is 4.98. The van der Waals surface area contributed by atoms with Crippen molar-refractivity contribution in [3.8, 4) is 16.9 Å². The van der Waals surface area contributed by atoms with E-state index in [1.54, 1.807) is 30.3 Å². The van der Waals surface area contributed by atoms with Gasteiger partial charge in [0.25, 0.3) is 11.8 Å². The molecule has 148 valence electrons. The van der Waals surface area contributed by atoms with Crippen LogP contribution in [0.15, 0.2) is 77.3 Å². The number of hydrazine groups is 1. The highest BCUT2D eigenvalue weighted by Crippen LogP contribution is 2.24. The van der Waals surface area contributed by atoms with E-state index in [4.69, 9.17) is 4.74 Å². The van der Waals surface area contributed by atoms with Gasteiger partial charge in [0.1, 0.15) is 5.75 Å². The number of nitrogens with one attached hydrogen (secondary N) is 2. The van der Waals surface area contributed by atoms with Gasteiger partial charge < -0.3 is 4.74 Å². The number of carbonyl (C=O) groups excluding carboxylic acids is 2. The van der Waals surface area contributed by atoms with Gasteiger partial charge in [-0.1, -0.05) is 58.4 Å². The molecule has 29 heavy (non-hydrogen) atoms. The first-order valence-corrected chi connectivity index (χ1v) is 9.95. The van der Waals surface area contributed by atoms with Crippen LogP contribution in [0.2, 0.25) is 0 Å². The molecule has 0 saturated carbocycles. The molecule has 0 spiro atoms. The van der Waals surface area contributed by atoms with Crippen LogP contribution in [0.3, 0.4) is 0 Å². The minimum absolute atomic E-state index is 0.0829. The van der Waals surface area contributed by atoms with Crippen molar-refractivity contribution in [3.63, 3.8) is 0 Å². The first-order valence-electron chi connectivity index (χ1n) is 9.16. The molecule has 0 saturated heterocycles. The summed E-state index contributed by atoms with van der Waals surface area (Å²) in [6, 6.07) is 22.2. The van der Waals surface area contributed by atoms with Crippen LogP contribution in [0.4, 0.5) is 0 Å². The first-order chi connectivity index (χ1) is 13.9. The van der Waals surface area contributed by atoms with Crippen molar-refractivity contribution in [1.82, 2.24) is 10.9 Å². The number of hydrogen-bond acceptors (Lipinski definition) is 3. The quantitative estimate of drug-likeness (QED) is 0.536. The van der Waals surface area contributed by atoms with E-state index < -0.39 is 11.8 Å². The van der Waals surface area contributed by atoms with Crippen LogP contribution < -0.4 is 15.6 Å². The van der Waals surface area contributed by atoms with Gasteiger partial charge in [-0.15, -0.1) is 0 Å². The molecule has 0 atom stereocenters. The highest BCUT2D eigenvalue weighted by Gasteiger charge is 2.15. The molecule has 0 heterocycles. The van der Waals surface area contributed by atoms with Crippen LogP contribution in [0, 0.1) is 0 Å². The minimum Gasteiger partial charge on any atom is -0.490 e. The Labute approximate surface area is 178 Å². The molecule has 0 aliphatic rings. The summed E-state index contributed by atoms with van der Waals surface area (Å²) in [5.74, 6) is -0.419. The van der Waals surface area contributed by atoms with Crippen LogP contribution in [0.25, 0.3) is 11.1 Å². The molecule has 2 N–H and O–H groups in total. The fourth-order valence-electron chi connectivity index (χ4n) is 2.73. The number of hydrogen-bond donors (Lipinski definition) is 2. The number of amides is 2. The normalized spacial score (nSPS) is 10.5. The Morgan fingerprint density at radius 1 is 0.828 bits per heavy atom. The molecule has 3 aromatic rings. The Morgan fingerprint density at radius 3 is 2.10 bits per heavy atom. The largest absolute Gasteiger partial charge is 0.490 e. The average molecular weight is 453 g/mol. The molecule has 0 radical (unpaired) electrons. The molecule has 0 unspecified atom stereocenters. The van der Waals surface area contributed by atoms with Crippen molar-refractivity contribution in [1.29, 1.82) is 0 Å². The SMILES string of the molecule is CC(C)Oc1ccc(Br)cc1C(=O)NNC(=O)c1ccc(-c2ccccc2)cc1. The summed E-state index contributed by atoms with van der Waals surface area (Å²) in [7, 11) is 0. The summed E-state index contributed by atoms with van der Waals surface area (Å²) in [6.07, 6.45) is -0.0829. The maximum Gasteiger partial charge on any atom is 0.273 e. The summed E-state index contributed by atoms with van der Waals surface area (Å²) in [6.45, 7) is 3.76. The van der Waals surface area contributed by atoms with Crippen LogP contribution in [-0.2, 0) is 0 Å². The molecule has 3 aromatic carbocycles. The lowest BCUT2D eigenvalue weighted by Gasteiger charge is -2.15. The van der Waals surface area contributed by atoms with Crippen molar-refractivity contribution in [2.45, 2.75) is 20.0 Å². The molecule has 2 amide bonds. The molecule has 0 bridgehead atoms. The monoisotopic (exact) mass is 452 g/mol. The number of benzene rings is 3. The Kier molecular flexibility index (Phi) is 6.67. The Balaban J connectivity index is 1.66. The Hall–Kier alpha value is -3.12. The Morgan fingerprint density at radius 2 is 1.45 bits per heavy atom. The molecule has 0 aromatic heterocycles. The second-order valence-corrected chi connectivity index (χ2v) is 7.57. The fourth-order valence-corrected chi connectivity index (χ4v) is 3.10. The Bertz CT molecular complexity index is 1000. The zero-order valence-corrected chi connectivity index (χ0v) is 17.7. The van der Waals surface area contributed by atoms with E-state index in [1.165, 1.54) is 0 Å². The van der Waals surface area contributed by atoms with Crippen molar-refractivity contribution >= 4 is 27.7 Å². The summed E-state index contributed by atoms with van der Waals surface area (Å²) < 4.78 is 6.41. The van der Waals surface area contributed by atoms with E-state index in [0.29, 0.717) is 16.9 Å². The van der Waals surface area contributed by atoms with Gasteiger partial charge in [-0.2, -0.15) is 0 Å². The van der Waals surface area contributed by atoms with Gasteiger partial charge in [-0.25, -0.2) is 0 Å². The third-order valence-corrected chi connectivity index (χ3v) is 4.59. The van der Waals surface area contributed by atoms with Crippen molar-refractivity contribution in [3.05, 3.63) is 88.4 Å². The molecule has 3 rings (SSSR count). The van der Waals surface area contributed by atoms with Crippen LogP contribution >= 0.6 is 15.9 Å². The third-order valence-electron chi connectivity index (χ3n) is 4.09. The maximum atomic E-state index is 12.5. The van der Waals surface area contributed by atoms with E-state index in [2.05, 4.69) is 26.8 Å². The van der Waals surface area contributed by atoms with Gasteiger partial charge >= 0.3 is 0 Å². The summed E-state index contributed by atoms with van der Waals surface area (Å²) in [4.78, 5) is 24.9. The smallest absolute Gasteiger partial charge is 0.273 e. The number of halogens is 1. The number of rotatable bonds is 5. The van der Waals surface area contributed by atoms with Gasteiger partial charge in [-0.05, 0) is 55.3 Å². The van der Waals surface area contributed by atoms with E-state index in [-0.39, 0.29) is 6.10 Å². The highest BCUT2D eigenvalue weighted by molar-refractivity contribution is 9.10. The molecule has 6 heteroatoms. The van der Waals surface area contributed by atoms with Gasteiger partial charge in [0.15, 0.2) is 0 Å². The van der Waals surface area contributed by atoms with Gasteiger partial charge in [0.05, 0.1) is 11.7 Å². The zero-order chi connectivity index (χ0) is 20.8. The molecule has 5 nitrogen and oxygen atoms in total. The number of ether oxygens (including phenoxy) is 1. The van der Waals surface area contributed by atoms with E-state index in [9.17, 15) is 9.59 Å². The van der Waals surface area contributed by atoms with Crippen LogP contribution in [0.1, 0.15) is 34.6 Å². The summed E-state index contributed by atoms with van der Waals surface area (Å²) in [5.41, 5.74) is 7.74. The molecule has 0 fully saturated rings.